The lowest BCUT2D eigenvalue weighted by atomic mass is 10.2. The molecule has 1 N–H and O–H groups in total. The van der Waals surface area contributed by atoms with Crippen molar-refractivity contribution in [3.05, 3.63) is 58.9 Å². The van der Waals surface area contributed by atoms with E-state index >= 15 is 0 Å². The average Bonchev–Trinajstić information content (AvgIpc) is 3.56. The maximum absolute atomic E-state index is 14.7. The van der Waals surface area contributed by atoms with E-state index < -0.39 is 17.9 Å². The summed E-state index contributed by atoms with van der Waals surface area (Å²) >= 11 is 5.92. The van der Waals surface area contributed by atoms with Gasteiger partial charge in [0.05, 0.1) is 6.20 Å². The van der Waals surface area contributed by atoms with Crippen LogP contribution in [0.4, 0.5) is 16.2 Å². The third-order valence-electron chi connectivity index (χ3n) is 5.25. The van der Waals surface area contributed by atoms with E-state index in [-0.39, 0.29) is 35.9 Å². The van der Waals surface area contributed by atoms with E-state index in [0.29, 0.717) is 23.1 Å². The van der Waals surface area contributed by atoms with Gasteiger partial charge in [-0.05, 0) is 44.5 Å². The first-order chi connectivity index (χ1) is 16.4. The summed E-state index contributed by atoms with van der Waals surface area (Å²) in [5, 5.41) is 11.3. The molecule has 174 valence electrons. The molecule has 1 saturated heterocycles. The van der Waals surface area contributed by atoms with Crippen molar-refractivity contribution < 1.29 is 18.2 Å². The molecule has 1 fully saturated rings. The summed E-state index contributed by atoms with van der Waals surface area (Å²) in [7, 11) is 0. The highest BCUT2D eigenvalue weighted by molar-refractivity contribution is 6.30. The Balaban J connectivity index is 1.37. The number of rotatable bonds is 6. The lowest BCUT2D eigenvalue weighted by molar-refractivity contribution is -0.117. The highest BCUT2D eigenvalue weighted by Gasteiger charge is 2.39. The number of carbonyl (C=O) groups is 1. The SMILES string of the molecule is Cc1noc(C2CCC(=O)N2c2nc(N[C@@H](C)c3nc(-c4ccc(Cl)cc4)no3)ncc2F)n1. The first-order valence-electron chi connectivity index (χ1n) is 10.4. The second kappa shape index (κ2) is 8.78. The Hall–Kier alpha value is -3.93. The number of hydrogen-bond donors (Lipinski definition) is 1. The van der Waals surface area contributed by atoms with Crippen molar-refractivity contribution in [1.29, 1.82) is 0 Å². The molecule has 1 aromatic carbocycles. The van der Waals surface area contributed by atoms with E-state index in [1.165, 1.54) is 4.90 Å². The largest absolute Gasteiger partial charge is 0.343 e. The van der Waals surface area contributed by atoms with Crippen molar-refractivity contribution in [2.75, 3.05) is 10.2 Å². The second-order valence-electron chi connectivity index (χ2n) is 7.69. The van der Waals surface area contributed by atoms with Crippen LogP contribution in [-0.4, -0.2) is 36.2 Å². The predicted octanol–water partition coefficient (Wildman–Crippen LogP) is 4.05. The van der Waals surface area contributed by atoms with Gasteiger partial charge in [0.1, 0.15) is 12.1 Å². The van der Waals surface area contributed by atoms with Crippen LogP contribution in [0.5, 0.6) is 0 Å². The third-order valence-corrected chi connectivity index (χ3v) is 5.51. The zero-order chi connectivity index (χ0) is 23.8. The molecule has 13 heteroatoms. The van der Waals surface area contributed by atoms with E-state index in [2.05, 4.69) is 35.6 Å². The van der Waals surface area contributed by atoms with Gasteiger partial charge in [0, 0.05) is 17.0 Å². The summed E-state index contributed by atoms with van der Waals surface area (Å²) < 4.78 is 25.3. The van der Waals surface area contributed by atoms with Gasteiger partial charge in [-0.15, -0.1) is 0 Å². The number of aryl methyl sites for hydroxylation is 1. The number of carbonyl (C=O) groups excluding carboxylic acids is 1. The van der Waals surface area contributed by atoms with Gasteiger partial charge in [-0.25, -0.2) is 9.37 Å². The molecule has 0 spiro atoms. The quantitative estimate of drug-likeness (QED) is 0.426. The molecule has 1 aliphatic heterocycles. The van der Waals surface area contributed by atoms with Gasteiger partial charge in [-0.3, -0.25) is 9.69 Å². The van der Waals surface area contributed by atoms with Crippen LogP contribution in [0.15, 0.2) is 39.5 Å². The number of hydrogen-bond acceptors (Lipinski definition) is 10. The van der Waals surface area contributed by atoms with E-state index in [9.17, 15) is 9.18 Å². The minimum atomic E-state index is -0.752. The monoisotopic (exact) mass is 484 g/mol. The number of nitrogens with zero attached hydrogens (tertiary/aromatic N) is 7. The van der Waals surface area contributed by atoms with Crippen LogP contribution < -0.4 is 10.2 Å². The summed E-state index contributed by atoms with van der Waals surface area (Å²) in [6, 6.07) is 5.89. The molecular formula is C21H18ClFN8O3. The van der Waals surface area contributed by atoms with Gasteiger partial charge in [-0.1, -0.05) is 21.9 Å². The van der Waals surface area contributed by atoms with Crippen LogP contribution in [0.25, 0.3) is 11.4 Å². The Morgan fingerprint density at radius 3 is 2.71 bits per heavy atom. The standard InChI is InChI=1S/C21H18ClFN8O3/c1-10(19-27-17(30-33-19)12-3-5-13(22)6-4-12)25-21-24-9-14(23)18(28-21)31-15(7-8-16(31)32)20-26-11(2)29-34-20/h3-6,9-10,15H,7-8H2,1-2H3,(H,24,25,28)/t10-,15?/m0/s1. The van der Waals surface area contributed by atoms with Crippen molar-refractivity contribution in [2.45, 2.75) is 38.8 Å². The summed E-state index contributed by atoms with van der Waals surface area (Å²) in [5.41, 5.74) is 0.738. The van der Waals surface area contributed by atoms with Gasteiger partial charge in [0.15, 0.2) is 17.5 Å². The number of anilines is 2. The van der Waals surface area contributed by atoms with E-state index in [0.717, 1.165) is 11.8 Å². The van der Waals surface area contributed by atoms with Gasteiger partial charge >= 0.3 is 0 Å². The number of aromatic nitrogens is 6. The average molecular weight is 485 g/mol. The number of halogens is 2. The minimum Gasteiger partial charge on any atom is -0.343 e. The highest BCUT2D eigenvalue weighted by Crippen LogP contribution is 2.37. The van der Waals surface area contributed by atoms with E-state index in [4.69, 9.17) is 20.6 Å². The summed E-state index contributed by atoms with van der Waals surface area (Å²) in [6.45, 7) is 3.43. The van der Waals surface area contributed by atoms with Crippen molar-refractivity contribution in [3.63, 3.8) is 0 Å². The van der Waals surface area contributed by atoms with Gasteiger partial charge in [0.2, 0.25) is 29.5 Å². The zero-order valence-corrected chi connectivity index (χ0v) is 18.8. The van der Waals surface area contributed by atoms with Crippen LogP contribution >= 0.6 is 11.6 Å². The molecule has 5 rings (SSSR count). The molecule has 4 aromatic rings. The number of nitrogens with one attached hydrogen (secondary N) is 1. The van der Waals surface area contributed by atoms with E-state index in [1.807, 2.05) is 0 Å². The van der Waals surface area contributed by atoms with Crippen LogP contribution in [0, 0.1) is 12.7 Å². The van der Waals surface area contributed by atoms with Crippen LogP contribution in [-0.2, 0) is 4.79 Å². The molecule has 0 radical (unpaired) electrons. The molecule has 34 heavy (non-hydrogen) atoms. The fourth-order valence-corrected chi connectivity index (χ4v) is 3.74. The lowest BCUT2D eigenvalue weighted by Crippen LogP contribution is -2.30. The molecule has 4 heterocycles. The third kappa shape index (κ3) is 4.19. The summed E-state index contributed by atoms with van der Waals surface area (Å²) in [4.78, 5) is 30.6. The molecule has 1 amide bonds. The normalized spacial score (nSPS) is 16.8. The molecular weight excluding hydrogens is 467 g/mol. The Morgan fingerprint density at radius 1 is 1.18 bits per heavy atom. The Morgan fingerprint density at radius 2 is 1.97 bits per heavy atom. The lowest BCUT2D eigenvalue weighted by Gasteiger charge is -2.22. The number of amides is 1. The molecule has 11 nitrogen and oxygen atoms in total. The van der Waals surface area contributed by atoms with Crippen LogP contribution in [0.2, 0.25) is 5.02 Å². The maximum atomic E-state index is 14.7. The Bertz CT molecular complexity index is 1340. The summed E-state index contributed by atoms with van der Waals surface area (Å²) in [5.74, 6) is 0.156. The highest BCUT2D eigenvalue weighted by atomic mass is 35.5. The van der Waals surface area contributed by atoms with E-state index in [1.54, 1.807) is 38.1 Å². The molecule has 1 aliphatic rings. The molecule has 0 aliphatic carbocycles. The van der Waals surface area contributed by atoms with Crippen molar-refractivity contribution in [3.8, 4) is 11.4 Å². The smallest absolute Gasteiger partial charge is 0.249 e. The van der Waals surface area contributed by atoms with Crippen molar-refractivity contribution in [1.82, 2.24) is 30.2 Å². The molecule has 3 aromatic heterocycles. The topological polar surface area (TPSA) is 136 Å². The second-order valence-corrected chi connectivity index (χ2v) is 8.13. The fraction of sp³-hybridized carbons (Fsp3) is 0.286. The van der Waals surface area contributed by atoms with Crippen LogP contribution in [0.1, 0.15) is 49.5 Å². The van der Waals surface area contributed by atoms with Crippen molar-refractivity contribution >= 4 is 29.3 Å². The van der Waals surface area contributed by atoms with Gasteiger partial charge in [-0.2, -0.15) is 15.0 Å². The minimum absolute atomic E-state index is 0.0790. The molecule has 1 unspecified atom stereocenters. The Kier molecular flexibility index (Phi) is 5.65. The zero-order valence-electron chi connectivity index (χ0n) is 18.1. The first-order valence-corrected chi connectivity index (χ1v) is 10.8. The van der Waals surface area contributed by atoms with Gasteiger partial charge in [0.25, 0.3) is 0 Å². The molecule has 2 atom stereocenters. The Labute approximate surface area is 197 Å². The van der Waals surface area contributed by atoms with Crippen molar-refractivity contribution in [2.24, 2.45) is 0 Å². The fourth-order valence-electron chi connectivity index (χ4n) is 3.61. The molecule has 0 saturated carbocycles. The molecule has 0 bridgehead atoms. The number of benzene rings is 1. The summed E-state index contributed by atoms with van der Waals surface area (Å²) in [6.07, 6.45) is 1.59. The van der Waals surface area contributed by atoms with Gasteiger partial charge < -0.3 is 14.4 Å². The first kappa shape index (κ1) is 21.9. The predicted molar refractivity (Wildman–Crippen MR) is 117 cm³/mol. The van der Waals surface area contributed by atoms with Crippen LogP contribution in [0.3, 0.4) is 0 Å². The maximum Gasteiger partial charge on any atom is 0.249 e.